The summed E-state index contributed by atoms with van der Waals surface area (Å²) in [6.07, 6.45) is 4.18. The molecule has 0 unspecified atom stereocenters. The van der Waals surface area contributed by atoms with Crippen molar-refractivity contribution in [1.29, 1.82) is 0 Å². The van der Waals surface area contributed by atoms with E-state index in [1.807, 2.05) is 30.5 Å². The van der Waals surface area contributed by atoms with Crippen LogP contribution in [0.1, 0.15) is 19.8 Å². The molecule has 0 aliphatic carbocycles. The summed E-state index contributed by atoms with van der Waals surface area (Å²) in [5.74, 6) is 0.0485. The van der Waals surface area contributed by atoms with Crippen molar-refractivity contribution in [3.63, 3.8) is 0 Å². The molecule has 4 heteroatoms. The van der Waals surface area contributed by atoms with E-state index in [1.165, 1.54) is 4.90 Å². The summed E-state index contributed by atoms with van der Waals surface area (Å²) in [5.41, 5.74) is 0.980. The van der Waals surface area contributed by atoms with Crippen LogP contribution < -0.4 is 10.6 Å². The van der Waals surface area contributed by atoms with Crippen molar-refractivity contribution in [1.82, 2.24) is 5.32 Å². The smallest absolute Gasteiger partial charge is 0.239 e. The highest BCUT2D eigenvalue weighted by Crippen LogP contribution is 2.17. The second-order valence-electron chi connectivity index (χ2n) is 3.79. The number of amides is 1. The number of hydrogen-bond acceptors (Lipinski definition) is 3. The van der Waals surface area contributed by atoms with Crippen molar-refractivity contribution in [2.24, 2.45) is 0 Å². The summed E-state index contributed by atoms with van der Waals surface area (Å²) in [5, 5.41) is 5.97. The first-order chi connectivity index (χ1) is 8.26. The Kier molecular flexibility index (Phi) is 6.55. The van der Waals surface area contributed by atoms with E-state index in [0.29, 0.717) is 6.54 Å². The third kappa shape index (κ3) is 5.63. The zero-order chi connectivity index (χ0) is 12.5. The summed E-state index contributed by atoms with van der Waals surface area (Å²) >= 11 is 1.71. The Labute approximate surface area is 107 Å². The van der Waals surface area contributed by atoms with E-state index < -0.39 is 0 Å². The van der Waals surface area contributed by atoms with Crippen LogP contribution in [0.5, 0.6) is 0 Å². The van der Waals surface area contributed by atoms with Crippen LogP contribution in [0.25, 0.3) is 0 Å². The maximum atomic E-state index is 11.4. The Hall–Kier alpha value is -1.16. The number of benzene rings is 1. The van der Waals surface area contributed by atoms with Gasteiger partial charge in [0.1, 0.15) is 0 Å². The van der Waals surface area contributed by atoms with Gasteiger partial charge in [0.05, 0.1) is 6.54 Å². The second-order valence-corrected chi connectivity index (χ2v) is 4.67. The average Bonchev–Trinajstić information content (AvgIpc) is 2.37. The van der Waals surface area contributed by atoms with E-state index in [1.54, 1.807) is 11.8 Å². The van der Waals surface area contributed by atoms with Gasteiger partial charge in [-0.25, -0.2) is 0 Å². The molecule has 0 aromatic heterocycles. The Morgan fingerprint density at radius 3 is 2.59 bits per heavy atom. The highest BCUT2D eigenvalue weighted by Gasteiger charge is 1.99. The van der Waals surface area contributed by atoms with Crippen LogP contribution in [0, 0.1) is 0 Å². The molecule has 0 saturated heterocycles. The minimum absolute atomic E-state index is 0.0485. The van der Waals surface area contributed by atoms with Gasteiger partial charge in [-0.15, -0.1) is 11.8 Å². The third-order valence-electron chi connectivity index (χ3n) is 2.40. The Bertz CT molecular complexity index is 338. The molecule has 0 aliphatic heterocycles. The molecule has 0 heterocycles. The molecule has 0 atom stereocenters. The fourth-order valence-electron chi connectivity index (χ4n) is 1.36. The van der Waals surface area contributed by atoms with Crippen LogP contribution in [-0.2, 0) is 4.79 Å². The molecule has 2 N–H and O–H groups in total. The lowest BCUT2D eigenvalue weighted by Gasteiger charge is -2.07. The predicted octanol–water partition coefficient (Wildman–Crippen LogP) is 2.74. The number of nitrogens with one attached hydrogen (secondary N) is 2. The van der Waals surface area contributed by atoms with Crippen LogP contribution in [0.3, 0.4) is 0 Å². The van der Waals surface area contributed by atoms with Crippen LogP contribution in [-0.4, -0.2) is 25.3 Å². The summed E-state index contributed by atoms with van der Waals surface area (Å²) in [7, 11) is 0. The lowest BCUT2D eigenvalue weighted by atomic mass is 10.3. The lowest BCUT2D eigenvalue weighted by Crippen LogP contribution is -2.30. The third-order valence-corrected chi connectivity index (χ3v) is 3.14. The Balaban J connectivity index is 2.27. The zero-order valence-corrected chi connectivity index (χ0v) is 11.3. The monoisotopic (exact) mass is 252 g/mol. The average molecular weight is 252 g/mol. The molecule has 0 aliphatic rings. The van der Waals surface area contributed by atoms with E-state index in [0.717, 1.165) is 25.1 Å². The lowest BCUT2D eigenvalue weighted by molar-refractivity contribution is -0.119. The minimum Gasteiger partial charge on any atom is -0.376 e. The van der Waals surface area contributed by atoms with E-state index in [4.69, 9.17) is 0 Å². The van der Waals surface area contributed by atoms with Crippen molar-refractivity contribution in [2.45, 2.75) is 24.7 Å². The summed E-state index contributed by atoms with van der Waals surface area (Å²) in [4.78, 5) is 12.7. The number of rotatable bonds is 7. The van der Waals surface area contributed by atoms with Gasteiger partial charge >= 0.3 is 0 Å². The molecule has 1 aromatic rings. The van der Waals surface area contributed by atoms with Gasteiger partial charge in [0.25, 0.3) is 0 Å². The second kappa shape index (κ2) is 8.01. The van der Waals surface area contributed by atoms with Gasteiger partial charge in [-0.3, -0.25) is 4.79 Å². The molecular formula is C13H20N2OS. The number of hydrogen-bond donors (Lipinski definition) is 2. The molecule has 17 heavy (non-hydrogen) atoms. The van der Waals surface area contributed by atoms with Crippen LogP contribution in [0.4, 0.5) is 5.69 Å². The molecule has 1 rings (SSSR count). The maximum absolute atomic E-state index is 11.4. The zero-order valence-electron chi connectivity index (χ0n) is 10.5. The fraction of sp³-hybridized carbons (Fsp3) is 0.462. The quantitative estimate of drug-likeness (QED) is 0.579. The van der Waals surface area contributed by atoms with Gasteiger partial charge in [0.2, 0.25) is 5.91 Å². The van der Waals surface area contributed by atoms with E-state index in [2.05, 4.69) is 17.6 Å². The number of carbonyl (C=O) groups excluding carboxylic acids is 1. The Morgan fingerprint density at radius 1 is 1.29 bits per heavy atom. The molecule has 1 aromatic carbocycles. The van der Waals surface area contributed by atoms with Crippen molar-refractivity contribution < 1.29 is 4.79 Å². The molecule has 0 saturated carbocycles. The van der Waals surface area contributed by atoms with Gasteiger partial charge in [0.15, 0.2) is 0 Å². The number of anilines is 1. The maximum Gasteiger partial charge on any atom is 0.239 e. The summed E-state index contributed by atoms with van der Waals surface area (Å²) in [6, 6.07) is 8.07. The first-order valence-corrected chi connectivity index (χ1v) is 7.13. The standard InChI is InChI=1S/C13H20N2OS/c1-3-4-9-14-13(16)10-15-11-5-7-12(17-2)8-6-11/h5-8,15H,3-4,9-10H2,1-2H3,(H,14,16). The molecule has 1 amide bonds. The summed E-state index contributed by atoms with van der Waals surface area (Å²) < 4.78 is 0. The van der Waals surface area contributed by atoms with Crippen molar-refractivity contribution in [3.05, 3.63) is 24.3 Å². The van der Waals surface area contributed by atoms with Crippen molar-refractivity contribution in [2.75, 3.05) is 24.7 Å². The van der Waals surface area contributed by atoms with Crippen molar-refractivity contribution >= 4 is 23.4 Å². The molecule has 0 spiro atoms. The molecule has 3 nitrogen and oxygen atoms in total. The van der Waals surface area contributed by atoms with Gasteiger partial charge < -0.3 is 10.6 Å². The van der Waals surface area contributed by atoms with E-state index >= 15 is 0 Å². The molecule has 0 fully saturated rings. The number of unbranched alkanes of at least 4 members (excludes halogenated alkanes) is 1. The number of carbonyl (C=O) groups is 1. The van der Waals surface area contributed by atoms with Gasteiger partial charge in [0, 0.05) is 17.1 Å². The fourth-order valence-corrected chi connectivity index (χ4v) is 1.77. The largest absolute Gasteiger partial charge is 0.376 e. The first-order valence-electron chi connectivity index (χ1n) is 5.91. The van der Waals surface area contributed by atoms with Crippen LogP contribution >= 0.6 is 11.8 Å². The highest BCUT2D eigenvalue weighted by molar-refractivity contribution is 7.98. The van der Waals surface area contributed by atoms with Crippen LogP contribution in [0.2, 0.25) is 0 Å². The summed E-state index contributed by atoms with van der Waals surface area (Å²) in [6.45, 7) is 3.21. The van der Waals surface area contributed by atoms with Crippen molar-refractivity contribution in [3.8, 4) is 0 Å². The van der Waals surface area contributed by atoms with Gasteiger partial charge in [-0.05, 0) is 36.9 Å². The highest BCUT2D eigenvalue weighted by atomic mass is 32.2. The predicted molar refractivity (Wildman–Crippen MR) is 74.6 cm³/mol. The Morgan fingerprint density at radius 2 is 2.00 bits per heavy atom. The molecule has 94 valence electrons. The topological polar surface area (TPSA) is 41.1 Å². The van der Waals surface area contributed by atoms with E-state index in [9.17, 15) is 4.79 Å². The van der Waals surface area contributed by atoms with Gasteiger partial charge in [-0.1, -0.05) is 13.3 Å². The SMILES string of the molecule is CCCCNC(=O)CNc1ccc(SC)cc1. The normalized spacial score (nSPS) is 10.0. The van der Waals surface area contributed by atoms with Gasteiger partial charge in [-0.2, -0.15) is 0 Å². The number of thioether (sulfide) groups is 1. The molecule has 0 bridgehead atoms. The van der Waals surface area contributed by atoms with E-state index in [-0.39, 0.29) is 5.91 Å². The minimum atomic E-state index is 0.0485. The first kappa shape index (κ1) is 13.9. The van der Waals surface area contributed by atoms with Crippen LogP contribution in [0.15, 0.2) is 29.2 Å². The molecular weight excluding hydrogens is 232 g/mol. The molecule has 0 radical (unpaired) electrons.